The molecule has 0 saturated heterocycles. The lowest BCUT2D eigenvalue weighted by atomic mass is 10.3. The third-order valence-corrected chi connectivity index (χ3v) is 3.77. The lowest BCUT2D eigenvalue weighted by Crippen LogP contribution is -2.04. The molecule has 0 atom stereocenters. The van der Waals surface area contributed by atoms with Gasteiger partial charge in [0.05, 0.1) is 20.7 Å². The predicted octanol–water partition coefficient (Wildman–Crippen LogP) is 3.70. The Hall–Kier alpha value is -2.32. The molecule has 0 fully saturated rings. The highest BCUT2D eigenvalue weighted by atomic mass is 35.5. The molecule has 0 radical (unpaired) electrons. The second-order valence-electron chi connectivity index (χ2n) is 4.19. The molecule has 2 aromatic heterocycles. The molecule has 21 heavy (non-hydrogen) atoms. The van der Waals surface area contributed by atoms with Crippen LogP contribution >= 0.6 is 22.9 Å². The monoisotopic (exact) mass is 321 g/mol. The molecule has 0 bridgehead atoms. The van der Waals surface area contributed by atoms with Crippen LogP contribution in [0, 0.1) is 17.0 Å². The van der Waals surface area contributed by atoms with Gasteiger partial charge < -0.3 is 5.32 Å². The number of nitrogens with zero attached hydrogens (tertiary/aromatic N) is 4. The van der Waals surface area contributed by atoms with E-state index in [4.69, 9.17) is 11.6 Å². The molecule has 1 N–H and O–H groups in total. The van der Waals surface area contributed by atoms with Gasteiger partial charge in [-0.2, -0.15) is 4.98 Å². The second kappa shape index (κ2) is 5.23. The van der Waals surface area contributed by atoms with Gasteiger partial charge in [0.25, 0.3) is 0 Å². The van der Waals surface area contributed by atoms with Gasteiger partial charge in [0.15, 0.2) is 0 Å². The van der Waals surface area contributed by atoms with Crippen molar-refractivity contribution in [2.75, 3.05) is 5.32 Å². The summed E-state index contributed by atoms with van der Waals surface area (Å²) in [6, 6.07) is 5.45. The first-order chi connectivity index (χ1) is 10.0. The number of rotatable bonds is 3. The van der Waals surface area contributed by atoms with Gasteiger partial charge in [0.2, 0.25) is 11.1 Å². The number of thiazole rings is 1. The van der Waals surface area contributed by atoms with Crippen molar-refractivity contribution in [2.45, 2.75) is 6.92 Å². The maximum atomic E-state index is 11.1. The molecule has 2 heterocycles. The molecule has 0 spiro atoms. The van der Waals surface area contributed by atoms with Crippen molar-refractivity contribution in [3.8, 4) is 0 Å². The number of fused-ring (bicyclic) bond motifs is 1. The highest BCUT2D eigenvalue weighted by Crippen LogP contribution is 2.30. The average molecular weight is 322 g/mol. The summed E-state index contributed by atoms with van der Waals surface area (Å²) in [6.07, 6.45) is 0. The van der Waals surface area contributed by atoms with Crippen LogP contribution in [0.1, 0.15) is 5.69 Å². The fourth-order valence-electron chi connectivity index (χ4n) is 1.91. The first kappa shape index (κ1) is 13.7. The third-order valence-electron chi connectivity index (χ3n) is 2.81. The Bertz CT molecular complexity index is 851. The molecule has 0 aliphatic carbocycles. The Kier molecular flexibility index (Phi) is 3.40. The van der Waals surface area contributed by atoms with Crippen molar-refractivity contribution in [1.82, 2.24) is 15.0 Å². The minimum atomic E-state index is -0.529. The summed E-state index contributed by atoms with van der Waals surface area (Å²) >= 11 is 7.26. The van der Waals surface area contributed by atoms with Crippen molar-refractivity contribution < 1.29 is 4.92 Å². The molecule has 3 aromatic rings. The standard InChI is InChI=1S/C12H8ClN5O2S/c1-6-10(18(19)20)11(17-12(13)15-6)16-7-2-3-8-9(4-7)21-5-14-8/h2-5H,1H3,(H,15,16,17). The van der Waals surface area contributed by atoms with Crippen molar-refractivity contribution in [1.29, 1.82) is 0 Å². The third kappa shape index (κ3) is 2.63. The molecule has 1 aromatic carbocycles. The molecule has 0 aliphatic rings. The first-order valence-corrected chi connectivity index (χ1v) is 7.09. The number of halogens is 1. The summed E-state index contributed by atoms with van der Waals surface area (Å²) < 4.78 is 0.972. The molecule has 0 aliphatic heterocycles. The highest BCUT2D eigenvalue weighted by Gasteiger charge is 2.21. The number of hydrogen-bond acceptors (Lipinski definition) is 7. The van der Waals surface area contributed by atoms with Crippen LogP contribution in [0.25, 0.3) is 10.2 Å². The van der Waals surface area contributed by atoms with Crippen molar-refractivity contribution in [3.05, 3.63) is 44.8 Å². The summed E-state index contributed by atoms with van der Waals surface area (Å²) in [5, 5.41) is 14.0. The zero-order chi connectivity index (χ0) is 15.0. The number of hydrogen-bond donors (Lipinski definition) is 1. The number of nitrogens with one attached hydrogen (secondary N) is 1. The quantitative estimate of drug-likeness (QED) is 0.449. The summed E-state index contributed by atoms with van der Waals surface area (Å²) in [6.45, 7) is 1.52. The highest BCUT2D eigenvalue weighted by molar-refractivity contribution is 7.16. The fraction of sp³-hybridized carbons (Fsp3) is 0.0833. The van der Waals surface area contributed by atoms with Crippen LogP contribution in [0.4, 0.5) is 17.2 Å². The zero-order valence-corrected chi connectivity index (χ0v) is 12.3. The SMILES string of the molecule is Cc1nc(Cl)nc(Nc2ccc3ncsc3c2)c1[N+](=O)[O-]. The van der Waals surface area contributed by atoms with Gasteiger partial charge in [-0.25, -0.2) is 9.97 Å². The van der Waals surface area contributed by atoms with Gasteiger partial charge in [-0.15, -0.1) is 11.3 Å². The molecule has 0 amide bonds. The summed E-state index contributed by atoms with van der Waals surface area (Å²) in [5.41, 5.74) is 3.30. The zero-order valence-electron chi connectivity index (χ0n) is 10.7. The predicted molar refractivity (Wildman–Crippen MR) is 81.3 cm³/mol. The lowest BCUT2D eigenvalue weighted by molar-refractivity contribution is -0.385. The smallest absolute Gasteiger partial charge is 0.332 e. The molecule has 9 heteroatoms. The Morgan fingerprint density at radius 1 is 1.38 bits per heavy atom. The van der Waals surface area contributed by atoms with Crippen LogP contribution in [-0.4, -0.2) is 19.9 Å². The Balaban J connectivity index is 2.06. The van der Waals surface area contributed by atoms with Crippen molar-refractivity contribution in [2.24, 2.45) is 0 Å². The second-order valence-corrected chi connectivity index (χ2v) is 5.42. The number of aryl methyl sites for hydroxylation is 1. The van der Waals surface area contributed by atoms with E-state index in [0.29, 0.717) is 5.69 Å². The molecular weight excluding hydrogens is 314 g/mol. The molecular formula is C12H8ClN5O2S. The van der Waals surface area contributed by atoms with Crippen LogP contribution in [-0.2, 0) is 0 Å². The Morgan fingerprint density at radius 3 is 2.95 bits per heavy atom. The number of benzene rings is 1. The molecule has 106 valence electrons. The number of anilines is 2. The Morgan fingerprint density at radius 2 is 2.19 bits per heavy atom. The number of aromatic nitrogens is 3. The lowest BCUT2D eigenvalue weighted by Gasteiger charge is -2.07. The molecule has 7 nitrogen and oxygen atoms in total. The maximum Gasteiger partial charge on any atom is 0.332 e. The van der Waals surface area contributed by atoms with Gasteiger partial charge in [-0.1, -0.05) is 0 Å². The van der Waals surface area contributed by atoms with E-state index < -0.39 is 4.92 Å². The van der Waals surface area contributed by atoms with Crippen LogP contribution in [0.5, 0.6) is 0 Å². The van der Waals surface area contributed by atoms with Gasteiger partial charge in [0, 0.05) is 5.69 Å². The van der Waals surface area contributed by atoms with Gasteiger partial charge in [-0.05, 0) is 36.7 Å². The van der Waals surface area contributed by atoms with E-state index in [-0.39, 0.29) is 22.5 Å². The normalized spacial score (nSPS) is 10.8. The van der Waals surface area contributed by atoms with Crippen LogP contribution in [0.15, 0.2) is 23.7 Å². The van der Waals surface area contributed by atoms with Crippen molar-refractivity contribution >= 4 is 50.3 Å². The van der Waals surface area contributed by atoms with E-state index in [1.807, 2.05) is 12.1 Å². The topological polar surface area (TPSA) is 93.8 Å². The molecule has 0 unspecified atom stereocenters. The van der Waals surface area contributed by atoms with E-state index in [1.54, 1.807) is 11.6 Å². The minimum Gasteiger partial charge on any atom is -0.334 e. The first-order valence-electron chi connectivity index (χ1n) is 5.83. The number of nitro groups is 1. The average Bonchev–Trinajstić information content (AvgIpc) is 2.84. The van der Waals surface area contributed by atoms with Crippen molar-refractivity contribution in [3.63, 3.8) is 0 Å². The van der Waals surface area contributed by atoms with E-state index in [9.17, 15) is 10.1 Å². The van der Waals surface area contributed by atoms with Crippen LogP contribution < -0.4 is 5.32 Å². The maximum absolute atomic E-state index is 11.1. The van der Waals surface area contributed by atoms with E-state index in [1.165, 1.54) is 18.3 Å². The minimum absolute atomic E-state index is 0.0422. The van der Waals surface area contributed by atoms with Gasteiger partial charge in [0.1, 0.15) is 5.69 Å². The van der Waals surface area contributed by atoms with E-state index in [0.717, 1.165) is 10.2 Å². The summed E-state index contributed by atoms with van der Waals surface area (Å²) in [7, 11) is 0. The fourth-order valence-corrected chi connectivity index (χ4v) is 2.84. The Labute approximate surface area is 127 Å². The van der Waals surface area contributed by atoms with E-state index >= 15 is 0 Å². The largest absolute Gasteiger partial charge is 0.334 e. The van der Waals surface area contributed by atoms with Gasteiger partial charge in [-0.3, -0.25) is 10.1 Å². The summed E-state index contributed by atoms with van der Waals surface area (Å²) in [5.74, 6) is 0.0707. The molecule has 3 rings (SSSR count). The van der Waals surface area contributed by atoms with Gasteiger partial charge >= 0.3 is 5.69 Å². The summed E-state index contributed by atoms with van der Waals surface area (Å²) in [4.78, 5) is 22.5. The van der Waals surface area contributed by atoms with Crippen LogP contribution in [0.3, 0.4) is 0 Å². The molecule has 0 saturated carbocycles. The van der Waals surface area contributed by atoms with E-state index in [2.05, 4.69) is 20.3 Å². The van der Waals surface area contributed by atoms with Crippen LogP contribution in [0.2, 0.25) is 5.28 Å².